The van der Waals surface area contributed by atoms with Gasteiger partial charge >= 0.3 is 6.03 Å². The van der Waals surface area contributed by atoms with Gasteiger partial charge in [0.1, 0.15) is 11.9 Å². The molecule has 6 heteroatoms. The molecular formula is C19H20N4O2. The molecule has 2 aromatic heterocycles. The lowest BCUT2D eigenvalue weighted by molar-refractivity contribution is 0.194. The van der Waals surface area contributed by atoms with Crippen LogP contribution in [0.3, 0.4) is 0 Å². The van der Waals surface area contributed by atoms with Crippen LogP contribution >= 0.6 is 0 Å². The van der Waals surface area contributed by atoms with Crippen molar-refractivity contribution in [1.29, 1.82) is 0 Å². The number of likely N-dealkylation sites (tertiary alicyclic amines) is 1. The van der Waals surface area contributed by atoms with Crippen LogP contribution in [0.1, 0.15) is 12.1 Å². The summed E-state index contributed by atoms with van der Waals surface area (Å²) in [5.74, 6) is 0.802. The molecule has 1 aliphatic rings. The Morgan fingerprint density at radius 2 is 2.28 bits per heavy atom. The smallest absolute Gasteiger partial charge is 0.322 e. The van der Waals surface area contributed by atoms with Crippen LogP contribution in [0.25, 0.3) is 10.9 Å². The normalized spacial score (nSPS) is 17.0. The average Bonchev–Trinajstić information content (AvgIpc) is 3.24. The highest BCUT2D eigenvalue weighted by atomic mass is 16.5. The van der Waals surface area contributed by atoms with Gasteiger partial charge in [-0.1, -0.05) is 12.1 Å². The molecule has 2 N–H and O–H groups in total. The van der Waals surface area contributed by atoms with Crippen LogP contribution in [0.15, 0.2) is 48.8 Å². The molecule has 1 atom stereocenters. The van der Waals surface area contributed by atoms with Crippen LogP contribution in [0, 0.1) is 6.92 Å². The molecule has 3 heterocycles. The van der Waals surface area contributed by atoms with Gasteiger partial charge in [-0.3, -0.25) is 4.98 Å². The number of aromatic nitrogens is 2. The van der Waals surface area contributed by atoms with Gasteiger partial charge in [0.15, 0.2) is 0 Å². The number of aromatic amines is 1. The van der Waals surface area contributed by atoms with Crippen molar-refractivity contribution in [3.05, 3.63) is 54.5 Å². The third-order valence-electron chi connectivity index (χ3n) is 4.43. The summed E-state index contributed by atoms with van der Waals surface area (Å²) in [6, 6.07) is 11.5. The Morgan fingerprint density at radius 1 is 1.36 bits per heavy atom. The molecular weight excluding hydrogens is 316 g/mol. The number of carbonyl (C=O) groups is 1. The maximum atomic E-state index is 12.6. The lowest BCUT2D eigenvalue weighted by Crippen LogP contribution is -2.34. The number of anilines is 1. The highest BCUT2D eigenvalue weighted by Gasteiger charge is 2.28. The fourth-order valence-electron chi connectivity index (χ4n) is 3.18. The van der Waals surface area contributed by atoms with E-state index in [1.807, 2.05) is 49.5 Å². The monoisotopic (exact) mass is 336 g/mol. The SMILES string of the molecule is Cc1cc(OC2CCN(C(=O)Nc3cccc4cc[nH]c34)C2)ccn1. The van der Waals surface area contributed by atoms with Gasteiger partial charge < -0.3 is 19.9 Å². The number of ether oxygens (including phenoxy) is 1. The number of urea groups is 1. The number of para-hydroxylation sites is 1. The van der Waals surface area contributed by atoms with Gasteiger partial charge in [-0.15, -0.1) is 0 Å². The first-order valence-corrected chi connectivity index (χ1v) is 8.40. The van der Waals surface area contributed by atoms with Gasteiger partial charge in [-0.05, 0) is 25.1 Å². The van der Waals surface area contributed by atoms with Crippen LogP contribution in [-0.4, -0.2) is 40.1 Å². The first kappa shape index (κ1) is 15.5. The van der Waals surface area contributed by atoms with E-state index in [1.54, 1.807) is 11.1 Å². The average molecular weight is 336 g/mol. The van der Waals surface area contributed by atoms with Crippen molar-refractivity contribution >= 4 is 22.6 Å². The van der Waals surface area contributed by atoms with E-state index in [-0.39, 0.29) is 12.1 Å². The molecule has 128 valence electrons. The minimum atomic E-state index is -0.0980. The molecule has 1 aliphatic heterocycles. The maximum absolute atomic E-state index is 12.6. The number of hydrogen-bond donors (Lipinski definition) is 2. The Bertz CT molecular complexity index is 905. The van der Waals surface area contributed by atoms with Gasteiger partial charge in [0.2, 0.25) is 0 Å². The summed E-state index contributed by atoms with van der Waals surface area (Å²) in [7, 11) is 0. The largest absolute Gasteiger partial charge is 0.488 e. The fourth-order valence-corrected chi connectivity index (χ4v) is 3.18. The van der Waals surface area contributed by atoms with Gasteiger partial charge in [0, 0.05) is 42.5 Å². The molecule has 0 aliphatic carbocycles. The fraction of sp³-hybridized carbons (Fsp3) is 0.263. The summed E-state index contributed by atoms with van der Waals surface area (Å²) in [5, 5.41) is 4.07. The number of nitrogens with one attached hydrogen (secondary N) is 2. The second-order valence-electron chi connectivity index (χ2n) is 6.29. The number of H-pyrrole nitrogens is 1. The summed E-state index contributed by atoms with van der Waals surface area (Å²) in [4.78, 5) is 21.7. The summed E-state index contributed by atoms with van der Waals surface area (Å²) in [6.45, 7) is 3.19. The van der Waals surface area contributed by atoms with Crippen molar-refractivity contribution in [3.8, 4) is 5.75 Å². The van der Waals surface area contributed by atoms with Crippen molar-refractivity contribution in [2.75, 3.05) is 18.4 Å². The van der Waals surface area contributed by atoms with Gasteiger partial charge in [-0.2, -0.15) is 0 Å². The summed E-state index contributed by atoms with van der Waals surface area (Å²) in [5.41, 5.74) is 2.65. The zero-order valence-corrected chi connectivity index (χ0v) is 14.0. The van der Waals surface area contributed by atoms with Crippen LogP contribution in [0.4, 0.5) is 10.5 Å². The molecule has 0 spiro atoms. The van der Waals surface area contributed by atoms with Crippen molar-refractivity contribution in [1.82, 2.24) is 14.9 Å². The van der Waals surface area contributed by atoms with E-state index in [0.29, 0.717) is 13.1 Å². The Hall–Kier alpha value is -3.02. The van der Waals surface area contributed by atoms with Crippen molar-refractivity contribution in [2.45, 2.75) is 19.4 Å². The van der Waals surface area contributed by atoms with Gasteiger partial charge in [0.25, 0.3) is 0 Å². The zero-order valence-electron chi connectivity index (χ0n) is 14.0. The molecule has 1 fully saturated rings. The molecule has 4 rings (SSSR count). The molecule has 25 heavy (non-hydrogen) atoms. The second kappa shape index (κ2) is 6.47. The molecule has 1 aromatic carbocycles. The number of amides is 2. The van der Waals surface area contributed by atoms with Crippen molar-refractivity contribution < 1.29 is 9.53 Å². The molecule has 0 radical (unpaired) electrons. The van der Waals surface area contributed by atoms with Gasteiger partial charge in [0.05, 0.1) is 17.7 Å². The van der Waals surface area contributed by atoms with Gasteiger partial charge in [-0.25, -0.2) is 4.79 Å². The first-order valence-electron chi connectivity index (χ1n) is 8.40. The van der Waals surface area contributed by atoms with E-state index in [1.165, 1.54) is 0 Å². The standard InChI is InChI=1S/C19H20N4O2/c1-13-11-15(6-9-20-13)25-16-7-10-23(12-16)19(24)22-17-4-2-3-14-5-8-21-18(14)17/h2-6,8-9,11,16,21H,7,10,12H2,1H3,(H,22,24). The topological polar surface area (TPSA) is 70.2 Å². The van der Waals surface area contributed by atoms with E-state index in [4.69, 9.17) is 4.74 Å². The van der Waals surface area contributed by atoms with E-state index in [9.17, 15) is 4.79 Å². The van der Waals surface area contributed by atoms with E-state index >= 15 is 0 Å². The number of fused-ring (bicyclic) bond motifs is 1. The number of aryl methyl sites for hydroxylation is 1. The predicted octanol–water partition coefficient (Wildman–Crippen LogP) is 3.56. The second-order valence-corrected chi connectivity index (χ2v) is 6.29. The number of hydrogen-bond acceptors (Lipinski definition) is 3. The Morgan fingerprint density at radius 3 is 3.16 bits per heavy atom. The van der Waals surface area contributed by atoms with Crippen LogP contribution in [0.5, 0.6) is 5.75 Å². The summed E-state index contributed by atoms with van der Waals surface area (Å²) >= 11 is 0. The molecule has 0 bridgehead atoms. The summed E-state index contributed by atoms with van der Waals surface area (Å²) in [6.07, 6.45) is 4.44. The van der Waals surface area contributed by atoms with E-state index in [0.717, 1.165) is 34.5 Å². The third-order valence-corrected chi connectivity index (χ3v) is 4.43. The third kappa shape index (κ3) is 3.28. The minimum Gasteiger partial charge on any atom is -0.488 e. The molecule has 6 nitrogen and oxygen atoms in total. The molecule has 3 aromatic rings. The maximum Gasteiger partial charge on any atom is 0.322 e. The zero-order chi connectivity index (χ0) is 17.2. The van der Waals surface area contributed by atoms with Crippen LogP contribution in [0.2, 0.25) is 0 Å². The number of pyridine rings is 1. The van der Waals surface area contributed by atoms with Crippen LogP contribution in [-0.2, 0) is 0 Å². The summed E-state index contributed by atoms with van der Waals surface area (Å²) < 4.78 is 5.98. The predicted molar refractivity (Wildman–Crippen MR) is 96.9 cm³/mol. The molecule has 1 saturated heterocycles. The number of rotatable bonds is 3. The Labute approximate surface area is 145 Å². The molecule has 0 saturated carbocycles. The lowest BCUT2D eigenvalue weighted by atomic mass is 10.2. The molecule has 1 unspecified atom stereocenters. The number of benzene rings is 1. The van der Waals surface area contributed by atoms with Crippen LogP contribution < -0.4 is 10.1 Å². The lowest BCUT2D eigenvalue weighted by Gasteiger charge is -2.18. The Balaban J connectivity index is 1.40. The first-order chi connectivity index (χ1) is 12.2. The highest BCUT2D eigenvalue weighted by molar-refractivity contribution is 5.99. The minimum absolute atomic E-state index is 0.00818. The number of carbonyl (C=O) groups excluding carboxylic acids is 1. The number of nitrogens with zero attached hydrogens (tertiary/aromatic N) is 2. The van der Waals surface area contributed by atoms with E-state index in [2.05, 4.69) is 15.3 Å². The van der Waals surface area contributed by atoms with Crippen molar-refractivity contribution in [3.63, 3.8) is 0 Å². The molecule has 2 amide bonds. The van der Waals surface area contributed by atoms with Crippen molar-refractivity contribution in [2.24, 2.45) is 0 Å². The Kier molecular flexibility index (Phi) is 4.01. The quantitative estimate of drug-likeness (QED) is 0.768. The van der Waals surface area contributed by atoms with E-state index < -0.39 is 0 Å². The highest BCUT2D eigenvalue weighted by Crippen LogP contribution is 2.23.